The van der Waals surface area contributed by atoms with Crippen molar-refractivity contribution in [2.24, 2.45) is 0 Å². The second-order valence-electron chi connectivity index (χ2n) is 7.21. The molecule has 0 unspecified atom stereocenters. The SMILES string of the molecule is O=C(O)c1ccc(-n2cc(-c3cccc(-c4cn(-c5ccc(C(=O)O)cc5)nn4)n3)nn2)cc1. The molecule has 11 heteroatoms. The number of pyridine rings is 1. The number of aromatic carboxylic acids is 2. The third kappa shape index (κ3) is 4.00. The van der Waals surface area contributed by atoms with E-state index in [4.69, 9.17) is 10.2 Å². The molecule has 166 valence electrons. The Labute approximate surface area is 191 Å². The molecule has 5 aromatic rings. The second kappa shape index (κ2) is 8.39. The Kier molecular flexibility index (Phi) is 5.11. The van der Waals surface area contributed by atoms with E-state index in [9.17, 15) is 9.59 Å². The lowest BCUT2D eigenvalue weighted by atomic mass is 10.2. The van der Waals surface area contributed by atoms with Crippen molar-refractivity contribution < 1.29 is 19.8 Å². The molecule has 34 heavy (non-hydrogen) atoms. The number of benzene rings is 2. The molecule has 0 bridgehead atoms. The highest BCUT2D eigenvalue weighted by atomic mass is 16.4. The van der Waals surface area contributed by atoms with Gasteiger partial charge >= 0.3 is 11.9 Å². The molecule has 2 aromatic carbocycles. The highest BCUT2D eigenvalue weighted by molar-refractivity contribution is 5.88. The Morgan fingerprint density at radius 3 is 1.38 bits per heavy atom. The lowest BCUT2D eigenvalue weighted by molar-refractivity contribution is 0.0686. The van der Waals surface area contributed by atoms with E-state index in [-0.39, 0.29) is 11.1 Å². The smallest absolute Gasteiger partial charge is 0.335 e. The Bertz CT molecular complexity index is 1390. The summed E-state index contributed by atoms with van der Waals surface area (Å²) < 4.78 is 3.07. The molecular weight excluding hydrogens is 438 g/mol. The normalized spacial score (nSPS) is 10.8. The van der Waals surface area contributed by atoms with Gasteiger partial charge < -0.3 is 10.2 Å². The van der Waals surface area contributed by atoms with Crippen LogP contribution in [0.15, 0.2) is 79.1 Å². The van der Waals surface area contributed by atoms with Gasteiger partial charge in [-0.1, -0.05) is 16.5 Å². The first kappa shape index (κ1) is 20.7. The van der Waals surface area contributed by atoms with Crippen LogP contribution in [0.4, 0.5) is 0 Å². The van der Waals surface area contributed by atoms with Crippen LogP contribution in [-0.2, 0) is 0 Å². The molecule has 0 atom stereocenters. The van der Waals surface area contributed by atoms with Gasteiger partial charge in [0.25, 0.3) is 0 Å². The average Bonchev–Trinajstić information content (AvgIpc) is 3.55. The van der Waals surface area contributed by atoms with Gasteiger partial charge in [0, 0.05) is 0 Å². The molecule has 5 rings (SSSR count). The summed E-state index contributed by atoms with van der Waals surface area (Å²) in [5, 5.41) is 34.6. The van der Waals surface area contributed by atoms with E-state index in [2.05, 4.69) is 25.6 Å². The van der Waals surface area contributed by atoms with Crippen molar-refractivity contribution in [2.45, 2.75) is 0 Å². The van der Waals surface area contributed by atoms with Gasteiger partial charge in [0.1, 0.15) is 11.4 Å². The second-order valence-corrected chi connectivity index (χ2v) is 7.21. The van der Waals surface area contributed by atoms with Crippen LogP contribution in [0.1, 0.15) is 20.7 Å². The van der Waals surface area contributed by atoms with Crippen molar-refractivity contribution in [1.82, 2.24) is 35.0 Å². The summed E-state index contributed by atoms with van der Waals surface area (Å²) in [6, 6.07) is 18.0. The Morgan fingerprint density at radius 1 is 0.588 bits per heavy atom. The van der Waals surface area contributed by atoms with Gasteiger partial charge in [0.15, 0.2) is 0 Å². The van der Waals surface area contributed by atoms with E-state index < -0.39 is 11.9 Å². The minimum atomic E-state index is -0.999. The monoisotopic (exact) mass is 453 g/mol. The maximum absolute atomic E-state index is 11.0. The number of nitrogens with zero attached hydrogens (tertiary/aromatic N) is 7. The van der Waals surface area contributed by atoms with Gasteiger partial charge in [0.05, 0.1) is 46.3 Å². The van der Waals surface area contributed by atoms with Crippen LogP contribution in [0.3, 0.4) is 0 Å². The van der Waals surface area contributed by atoms with Crippen LogP contribution in [-0.4, -0.2) is 57.1 Å². The maximum atomic E-state index is 11.0. The van der Waals surface area contributed by atoms with Crippen molar-refractivity contribution in [3.05, 3.63) is 90.3 Å². The zero-order valence-corrected chi connectivity index (χ0v) is 17.3. The summed E-state index contributed by atoms with van der Waals surface area (Å²) in [5.41, 5.74) is 3.90. The largest absolute Gasteiger partial charge is 0.478 e. The molecule has 0 aliphatic carbocycles. The van der Waals surface area contributed by atoms with Gasteiger partial charge in [-0.15, -0.1) is 10.2 Å². The predicted molar refractivity (Wildman–Crippen MR) is 119 cm³/mol. The quantitative estimate of drug-likeness (QED) is 0.396. The van der Waals surface area contributed by atoms with Crippen LogP contribution in [0.25, 0.3) is 34.2 Å². The summed E-state index contributed by atoms with van der Waals surface area (Å²) >= 11 is 0. The molecule has 0 spiro atoms. The summed E-state index contributed by atoms with van der Waals surface area (Å²) in [5.74, 6) is -2.00. The number of rotatable bonds is 6. The number of carboxylic acid groups (broad SMARTS) is 2. The van der Waals surface area contributed by atoms with Crippen molar-refractivity contribution in [2.75, 3.05) is 0 Å². The van der Waals surface area contributed by atoms with Crippen LogP contribution in [0, 0.1) is 0 Å². The van der Waals surface area contributed by atoms with E-state index in [0.717, 1.165) is 0 Å². The van der Waals surface area contributed by atoms with Gasteiger partial charge in [-0.3, -0.25) is 0 Å². The minimum absolute atomic E-state index is 0.185. The lowest BCUT2D eigenvalue weighted by Crippen LogP contribution is -1.98. The molecule has 0 aliphatic rings. The molecule has 0 fully saturated rings. The number of carboxylic acids is 2. The summed E-state index contributed by atoms with van der Waals surface area (Å²) in [6.07, 6.45) is 3.39. The molecule has 0 aliphatic heterocycles. The van der Waals surface area contributed by atoms with Crippen molar-refractivity contribution in [3.8, 4) is 34.2 Å². The van der Waals surface area contributed by atoms with Crippen molar-refractivity contribution in [1.29, 1.82) is 0 Å². The Hall–Kier alpha value is -5.19. The first-order chi connectivity index (χ1) is 16.5. The van der Waals surface area contributed by atoms with Gasteiger partial charge in [0.2, 0.25) is 0 Å². The summed E-state index contributed by atoms with van der Waals surface area (Å²) in [4.78, 5) is 26.7. The molecule has 0 saturated carbocycles. The molecule has 11 nitrogen and oxygen atoms in total. The van der Waals surface area contributed by atoms with Crippen LogP contribution < -0.4 is 0 Å². The molecule has 0 amide bonds. The number of aromatic nitrogens is 7. The van der Waals surface area contributed by atoms with E-state index in [1.54, 1.807) is 48.8 Å². The minimum Gasteiger partial charge on any atom is -0.478 e. The molecule has 0 saturated heterocycles. The van der Waals surface area contributed by atoms with Gasteiger partial charge in [-0.05, 0) is 60.7 Å². The standard InChI is InChI=1S/C23H15N7O4/c31-22(32)14-4-8-16(9-5-14)29-12-20(25-27-29)18-2-1-3-19(24-18)21-13-30(28-26-21)17-10-6-15(7-11-17)23(33)34/h1-13H,(H,31,32)(H,33,34). The first-order valence-corrected chi connectivity index (χ1v) is 9.98. The van der Waals surface area contributed by atoms with E-state index in [1.807, 2.05) is 6.07 Å². The fourth-order valence-electron chi connectivity index (χ4n) is 3.25. The molecule has 0 radical (unpaired) electrons. The molecular formula is C23H15N7O4. The van der Waals surface area contributed by atoms with E-state index >= 15 is 0 Å². The predicted octanol–water partition coefficient (Wildman–Crippen LogP) is 2.97. The highest BCUT2D eigenvalue weighted by Gasteiger charge is 2.12. The maximum Gasteiger partial charge on any atom is 0.335 e. The fraction of sp³-hybridized carbons (Fsp3) is 0. The Balaban J connectivity index is 1.39. The third-order valence-corrected chi connectivity index (χ3v) is 5.02. The number of hydrogen-bond donors (Lipinski definition) is 2. The zero-order valence-electron chi connectivity index (χ0n) is 17.3. The molecule has 2 N–H and O–H groups in total. The average molecular weight is 453 g/mol. The van der Waals surface area contributed by atoms with Crippen LogP contribution in [0.5, 0.6) is 0 Å². The van der Waals surface area contributed by atoms with Crippen molar-refractivity contribution in [3.63, 3.8) is 0 Å². The summed E-state index contributed by atoms with van der Waals surface area (Å²) in [6.45, 7) is 0. The van der Waals surface area contributed by atoms with Gasteiger partial charge in [-0.2, -0.15) is 0 Å². The first-order valence-electron chi connectivity index (χ1n) is 9.98. The molecule has 3 aromatic heterocycles. The van der Waals surface area contributed by atoms with E-state index in [0.29, 0.717) is 34.2 Å². The van der Waals surface area contributed by atoms with Gasteiger partial charge in [-0.25, -0.2) is 23.9 Å². The molecule has 3 heterocycles. The number of hydrogen-bond acceptors (Lipinski definition) is 7. The van der Waals surface area contributed by atoms with E-state index in [1.165, 1.54) is 33.6 Å². The summed E-state index contributed by atoms with van der Waals surface area (Å²) in [7, 11) is 0. The van der Waals surface area contributed by atoms with Crippen LogP contribution >= 0.6 is 0 Å². The fourth-order valence-corrected chi connectivity index (χ4v) is 3.25. The van der Waals surface area contributed by atoms with Crippen LogP contribution in [0.2, 0.25) is 0 Å². The topological polar surface area (TPSA) is 149 Å². The third-order valence-electron chi connectivity index (χ3n) is 5.02. The lowest BCUT2D eigenvalue weighted by Gasteiger charge is -2.01. The zero-order chi connectivity index (χ0) is 23.7. The highest BCUT2D eigenvalue weighted by Crippen LogP contribution is 2.21. The number of carbonyl (C=O) groups is 2. The van der Waals surface area contributed by atoms with Crippen molar-refractivity contribution >= 4 is 11.9 Å². The Morgan fingerprint density at radius 2 is 1.00 bits per heavy atom.